The summed E-state index contributed by atoms with van der Waals surface area (Å²) in [5, 5.41) is 3.10. The predicted molar refractivity (Wildman–Crippen MR) is 77.9 cm³/mol. The van der Waals surface area contributed by atoms with Crippen LogP contribution in [0.25, 0.3) is 0 Å². The largest absolute Gasteiger partial charge is 0.312 e. The molecule has 1 fully saturated rings. The zero-order valence-corrected chi connectivity index (χ0v) is 11.8. The van der Waals surface area contributed by atoms with Gasteiger partial charge in [-0.1, -0.05) is 6.92 Å². The summed E-state index contributed by atoms with van der Waals surface area (Å²) in [5.74, 6) is -1.12. The summed E-state index contributed by atoms with van der Waals surface area (Å²) in [6.45, 7) is 3.02. The van der Waals surface area contributed by atoms with Crippen molar-refractivity contribution in [2.75, 3.05) is 18.5 Å². The number of nitrogens with one attached hydrogen (secondary N) is 3. The second-order valence-corrected chi connectivity index (χ2v) is 4.82. The van der Waals surface area contributed by atoms with Gasteiger partial charge in [0.15, 0.2) is 6.29 Å². The summed E-state index contributed by atoms with van der Waals surface area (Å²) >= 11 is 0. The van der Waals surface area contributed by atoms with Gasteiger partial charge in [0.2, 0.25) is 5.78 Å². The van der Waals surface area contributed by atoms with Crippen LogP contribution in [-0.4, -0.2) is 25.2 Å². The van der Waals surface area contributed by atoms with Crippen molar-refractivity contribution in [1.82, 2.24) is 10.7 Å². The molecule has 0 spiro atoms. The maximum Gasteiger partial charge on any atom is 0.203 e. The quantitative estimate of drug-likeness (QED) is 0.420. The molecule has 0 radical (unpaired) electrons. The molecule has 21 heavy (non-hydrogen) atoms. The van der Waals surface area contributed by atoms with Crippen LogP contribution < -0.4 is 16.2 Å². The zero-order valence-electron chi connectivity index (χ0n) is 11.8. The molecule has 2 rings (SSSR count). The summed E-state index contributed by atoms with van der Waals surface area (Å²) in [5.41, 5.74) is 8.50. The van der Waals surface area contributed by atoms with Crippen LogP contribution in [0.3, 0.4) is 0 Å². The number of halogens is 1. The average molecular weight is 291 g/mol. The standard InChI is InChI=1S/C15H18FN3O2/c1-2-14(12-7-17-8-13(12)15(21)9-20)19-18-11-5-3-10(16)4-6-11/h3-6,9,13,17-19H,2,7-8H2,1H3. The van der Waals surface area contributed by atoms with Gasteiger partial charge in [-0.3, -0.25) is 9.59 Å². The molecule has 6 heteroatoms. The zero-order chi connectivity index (χ0) is 15.2. The number of ketones is 1. The van der Waals surface area contributed by atoms with Gasteiger partial charge in [-0.2, -0.15) is 0 Å². The molecule has 0 bridgehead atoms. The molecule has 0 aliphatic carbocycles. The molecule has 112 valence electrons. The Balaban J connectivity index is 2.10. The molecule has 1 unspecified atom stereocenters. The number of hydrazine groups is 1. The Hall–Kier alpha value is -2.21. The van der Waals surface area contributed by atoms with Crippen LogP contribution in [0.4, 0.5) is 10.1 Å². The van der Waals surface area contributed by atoms with Crippen molar-refractivity contribution in [3.05, 3.63) is 41.4 Å². The third-order valence-electron chi connectivity index (χ3n) is 3.49. The van der Waals surface area contributed by atoms with E-state index in [-0.39, 0.29) is 5.82 Å². The Morgan fingerprint density at radius 2 is 2.14 bits per heavy atom. The predicted octanol–water partition coefficient (Wildman–Crippen LogP) is 1.39. The van der Waals surface area contributed by atoms with Crippen molar-refractivity contribution in [2.45, 2.75) is 13.3 Å². The Morgan fingerprint density at radius 3 is 2.76 bits per heavy atom. The maximum absolute atomic E-state index is 12.8. The second-order valence-electron chi connectivity index (χ2n) is 4.82. The van der Waals surface area contributed by atoms with E-state index >= 15 is 0 Å². The minimum Gasteiger partial charge on any atom is -0.312 e. The van der Waals surface area contributed by atoms with Crippen molar-refractivity contribution >= 4 is 17.8 Å². The van der Waals surface area contributed by atoms with Gasteiger partial charge in [0.25, 0.3) is 0 Å². The molecule has 1 aromatic rings. The molecule has 1 aromatic carbocycles. The summed E-state index contributed by atoms with van der Waals surface area (Å²) in [7, 11) is 0. The highest BCUT2D eigenvalue weighted by Crippen LogP contribution is 2.21. The third-order valence-corrected chi connectivity index (χ3v) is 3.49. The van der Waals surface area contributed by atoms with Crippen LogP contribution in [0.1, 0.15) is 13.3 Å². The van der Waals surface area contributed by atoms with E-state index in [0.717, 1.165) is 11.3 Å². The minimum absolute atomic E-state index is 0.300. The Bertz CT molecular complexity index is 555. The van der Waals surface area contributed by atoms with Gasteiger partial charge in [0.1, 0.15) is 5.82 Å². The van der Waals surface area contributed by atoms with E-state index in [0.29, 0.717) is 31.5 Å². The number of carbonyl (C=O) groups excluding carboxylic acids is 2. The van der Waals surface area contributed by atoms with Crippen LogP contribution >= 0.6 is 0 Å². The Morgan fingerprint density at radius 1 is 1.43 bits per heavy atom. The van der Waals surface area contributed by atoms with Gasteiger partial charge in [-0.05, 0) is 36.3 Å². The topological polar surface area (TPSA) is 70.2 Å². The lowest BCUT2D eigenvalue weighted by Crippen LogP contribution is -2.26. The molecular formula is C15H18FN3O2. The van der Waals surface area contributed by atoms with Gasteiger partial charge in [0.05, 0.1) is 11.6 Å². The number of hydrogen-bond donors (Lipinski definition) is 3. The maximum atomic E-state index is 12.8. The highest BCUT2D eigenvalue weighted by atomic mass is 19.1. The Labute approximate surface area is 122 Å². The number of benzene rings is 1. The second kappa shape index (κ2) is 6.99. The van der Waals surface area contributed by atoms with Gasteiger partial charge in [-0.15, -0.1) is 0 Å². The first-order valence-electron chi connectivity index (χ1n) is 6.85. The van der Waals surface area contributed by atoms with E-state index < -0.39 is 11.7 Å². The summed E-state index contributed by atoms with van der Waals surface area (Å²) < 4.78 is 12.8. The van der Waals surface area contributed by atoms with Gasteiger partial charge < -0.3 is 16.2 Å². The number of Topliss-reactive ketones (excluding diaryl/α,β-unsaturated/α-hetero) is 1. The first-order valence-corrected chi connectivity index (χ1v) is 6.85. The summed E-state index contributed by atoms with van der Waals surface area (Å²) in [6.07, 6.45) is 1.06. The van der Waals surface area contributed by atoms with Crippen LogP contribution in [0, 0.1) is 11.7 Å². The van der Waals surface area contributed by atoms with Crippen LogP contribution in [0.5, 0.6) is 0 Å². The molecular weight excluding hydrogens is 273 g/mol. The number of aldehydes is 1. The molecule has 0 aromatic heterocycles. The lowest BCUT2D eigenvalue weighted by Gasteiger charge is -2.17. The average Bonchev–Trinajstić information content (AvgIpc) is 2.98. The number of carbonyl (C=O) groups is 2. The van der Waals surface area contributed by atoms with E-state index in [9.17, 15) is 14.0 Å². The van der Waals surface area contributed by atoms with E-state index in [2.05, 4.69) is 16.2 Å². The summed E-state index contributed by atoms with van der Waals surface area (Å²) in [6, 6.07) is 5.94. The van der Waals surface area contributed by atoms with Crippen molar-refractivity contribution in [3.63, 3.8) is 0 Å². The van der Waals surface area contributed by atoms with Crippen molar-refractivity contribution in [2.24, 2.45) is 5.92 Å². The lowest BCUT2D eigenvalue weighted by atomic mass is 9.96. The van der Waals surface area contributed by atoms with Crippen molar-refractivity contribution in [3.8, 4) is 0 Å². The van der Waals surface area contributed by atoms with Gasteiger partial charge in [-0.25, -0.2) is 4.39 Å². The van der Waals surface area contributed by atoms with Gasteiger partial charge >= 0.3 is 0 Å². The molecule has 1 saturated heterocycles. The summed E-state index contributed by atoms with van der Waals surface area (Å²) in [4.78, 5) is 22.3. The van der Waals surface area contributed by atoms with Crippen molar-refractivity contribution in [1.29, 1.82) is 0 Å². The SMILES string of the molecule is CCC(NNc1ccc(F)cc1)=C1CNCC1C(=O)C=O. The third kappa shape index (κ3) is 3.66. The molecule has 1 aliphatic heterocycles. The van der Waals surface area contributed by atoms with Crippen molar-refractivity contribution < 1.29 is 14.0 Å². The number of allylic oxidation sites excluding steroid dienone is 1. The van der Waals surface area contributed by atoms with Crippen LogP contribution in [-0.2, 0) is 9.59 Å². The first kappa shape index (κ1) is 15.2. The molecule has 0 amide bonds. The van der Waals surface area contributed by atoms with E-state index in [4.69, 9.17) is 0 Å². The molecule has 1 atom stereocenters. The highest BCUT2D eigenvalue weighted by Gasteiger charge is 2.29. The lowest BCUT2D eigenvalue weighted by molar-refractivity contribution is -0.131. The molecule has 1 heterocycles. The van der Waals surface area contributed by atoms with E-state index in [1.807, 2.05) is 6.92 Å². The van der Waals surface area contributed by atoms with Gasteiger partial charge in [0, 0.05) is 18.8 Å². The first-order chi connectivity index (χ1) is 10.2. The van der Waals surface area contributed by atoms with E-state index in [1.165, 1.54) is 12.1 Å². The molecule has 3 N–H and O–H groups in total. The van der Waals surface area contributed by atoms with Crippen LogP contribution in [0.15, 0.2) is 35.5 Å². The Kier molecular flexibility index (Phi) is 5.05. The molecule has 5 nitrogen and oxygen atoms in total. The molecule has 1 aliphatic rings. The molecule has 0 saturated carbocycles. The normalized spacial score (nSPS) is 20.0. The number of rotatable bonds is 6. The number of hydrogen-bond acceptors (Lipinski definition) is 5. The minimum atomic E-state index is -0.412. The smallest absolute Gasteiger partial charge is 0.203 e. The monoisotopic (exact) mass is 291 g/mol. The fraction of sp³-hybridized carbons (Fsp3) is 0.333. The van der Waals surface area contributed by atoms with Crippen LogP contribution in [0.2, 0.25) is 0 Å². The van der Waals surface area contributed by atoms with E-state index in [1.54, 1.807) is 12.1 Å². The number of anilines is 1. The highest BCUT2D eigenvalue weighted by molar-refractivity contribution is 6.27. The fourth-order valence-electron chi connectivity index (χ4n) is 2.35. The fourth-order valence-corrected chi connectivity index (χ4v) is 2.35.